The van der Waals surface area contributed by atoms with Crippen LogP contribution in [0.15, 0.2) is 24.3 Å². The first-order chi connectivity index (χ1) is 11.0. The second-order valence-electron chi connectivity index (χ2n) is 6.83. The Labute approximate surface area is 142 Å². The van der Waals surface area contributed by atoms with Crippen molar-refractivity contribution in [1.29, 1.82) is 0 Å². The number of nitrogens with zero attached hydrogens (tertiary/aromatic N) is 2. The minimum atomic E-state index is 0.236. The number of para-hydroxylation sites is 1. The number of nitrogens with one attached hydrogen (secondary N) is 1. The Kier molecular flexibility index (Phi) is 4.97. The number of quaternary nitrogens is 1. The number of amides is 1. The molecule has 124 valence electrons. The lowest BCUT2D eigenvalue weighted by molar-refractivity contribution is -0.902. The second kappa shape index (κ2) is 6.97. The molecule has 0 saturated carbocycles. The Balaban J connectivity index is 1.62. The first-order valence-corrected chi connectivity index (χ1v) is 9.32. The van der Waals surface area contributed by atoms with Crippen LogP contribution >= 0.6 is 11.3 Å². The number of fused-ring (bicyclic) bond motifs is 1. The molecule has 1 unspecified atom stereocenters. The quantitative estimate of drug-likeness (QED) is 0.931. The maximum Gasteiger partial charge on any atom is 0.277 e. The zero-order chi connectivity index (χ0) is 16.4. The third-order valence-corrected chi connectivity index (χ3v) is 6.21. The van der Waals surface area contributed by atoms with Crippen LogP contribution in [0, 0.1) is 5.92 Å². The molecule has 23 heavy (non-hydrogen) atoms. The van der Waals surface area contributed by atoms with E-state index >= 15 is 0 Å². The molecule has 0 aliphatic carbocycles. The summed E-state index contributed by atoms with van der Waals surface area (Å²) in [6, 6.07) is 8.47. The van der Waals surface area contributed by atoms with Gasteiger partial charge in [-0.25, -0.2) is 4.98 Å². The Morgan fingerprint density at radius 3 is 2.78 bits per heavy atom. The van der Waals surface area contributed by atoms with Crippen LogP contribution < -0.4 is 4.90 Å². The van der Waals surface area contributed by atoms with Gasteiger partial charge in [0.15, 0.2) is 11.6 Å². The van der Waals surface area contributed by atoms with Gasteiger partial charge in [0, 0.05) is 13.1 Å². The van der Waals surface area contributed by atoms with Gasteiger partial charge in [0.25, 0.3) is 5.91 Å². The minimum Gasteiger partial charge on any atom is -0.338 e. The summed E-state index contributed by atoms with van der Waals surface area (Å²) in [5.74, 6) is 1.04. The highest BCUT2D eigenvalue weighted by molar-refractivity contribution is 7.18. The monoisotopic (exact) mass is 332 g/mol. The maximum absolute atomic E-state index is 12.5. The van der Waals surface area contributed by atoms with Crippen LogP contribution in [0.4, 0.5) is 0 Å². The number of carbonyl (C=O) groups is 1. The number of piperidine rings is 1. The van der Waals surface area contributed by atoms with Crippen LogP contribution in [0.3, 0.4) is 0 Å². The van der Waals surface area contributed by atoms with Crippen LogP contribution in [0.1, 0.15) is 37.7 Å². The Hall–Kier alpha value is -1.46. The molecule has 1 amide bonds. The van der Waals surface area contributed by atoms with Crippen molar-refractivity contribution >= 4 is 27.5 Å². The molecule has 5 heteroatoms. The van der Waals surface area contributed by atoms with Gasteiger partial charge >= 0.3 is 0 Å². The number of likely N-dealkylation sites (tertiary alicyclic amines) is 1. The summed E-state index contributed by atoms with van der Waals surface area (Å²) in [5.41, 5.74) is 1.06. The summed E-state index contributed by atoms with van der Waals surface area (Å²) in [4.78, 5) is 20.5. The highest BCUT2D eigenvalue weighted by atomic mass is 32.1. The lowest BCUT2D eigenvalue weighted by atomic mass is 9.99. The largest absolute Gasteiger partial charge is 0.338 e. The van der Waals surface area contributed by atoms with Crippen molar-refractivity contribution in [2.45, 2.75) is 32.7 Å². The van der Waals surface area contributed by atoms with Crippen molar-refractivity contribution < 1.29 is 9.69 Å². The van der Waals surface area contributed by atoms with Gasteiger partial charge in [0.1, 0.15) is 6.04 Å². The van der Waals surface area contributed by atoms with Crippen LogP contribution in [0.5, 0.6) is 0 Å². The first kappa shape index (κ1) is 16.4. The van der Waals surface area contributed by atoms with Crippen molar-refractivity contribution in [1.82, 2.24) is 9.88 Å². The molecule has 0 bridgehead atoms. The number of thiazole rings is 1. The summed E-state index contributed by atoms with van der Waals surface area (Å²) < 4.78 is 1.22. The van der Waals surface area contributed by atoms with E-state index in [2.05, 4.69) is 33.0 Å². The van der Waals surface area contributed by atoms with Crippen molar-refractivity contribution in [3.8, 4) is 0 Å². The van der Waals surface area contributed by atoms with Crippen LogP contribution in [0.25, 0.3) is 10.2 Å². The number of rotatable bonds is 4. The van der Waals surface area contributed by atoms with E-state index in [4.69, 9.17) is 4.98 Å². The Bertz CT molecular complexity index is 643. The molecule has 1 fully saturated rings. The van der Waals surface area contributed by atoms with E-state index in [-0.39, 0.29) is 11.9 Å². The Morgan fingerprint density at radius 2 is 2.09 bits per heavy atom. The molecule has 2 aromatic rings. The molecule has 3 rings (SSSR count). The lowest BCUT2D eigenvalue weighted by Gasteiger charge is -2.31. The molecule has 2 heterocycles. The van der Waals surface area contributed by atoms with Crippen molar-refractivity contribution in [2.24, 2.45) is 5.92 Å². The molecule has 1 N–H and O–H groups in total. The van der Waals surface area contributed by atoms with Gasteiger partial charge in [0.2, 0.25) is 0 Å². The van der Waals surface area contributed by atoms with Gasteiger partial charge in [0.05, 0.1) is 17.3 Å². The standard InChI is InChI=1S/C18H25N3OS/c1-13-8-10-21(11-9-13)17(22)12-20(3)14(2)18-19-15-6-4-5-7-16(15)23-18/h4-7,13-14H,8-12H2,1-3H3/p+1/t14-/m0/s1. The fraction of sp³-hybridized carbons (Fsp3) is 0.556. The van der Waals surface area contributed by atoms with E-state index < -0.39 is 0 Å². The zero-order valence-corrected chi connectivity index (χ0v) is 15.0. The summed E-state index contributed by atoms with van der Waals surface area (Å²) in [6.45, 7) is 6.82. The third-order valence-electron chi connectivity index (χ3n) is 4.99. The average Bonchev–Trinajstić information content (AvgIpc) is 2.98. The normalized spacial score (nSPS) is 19.0. The molecular formula is C18H26N3OS+. The molecule has 1 aliphatic rings. The zero-order valence-electron chi connectivity index (χ0n) is 14.2. The lowest BCUT2D eigenvalue weighted by Crippen LogP contribution is -3.10. The van der Waals surface area contributed by atoms with E-state index in [0.29, 0.717) is 6.54 Å². The molecule has 4 nitrogen and oxygen atoms in total. The maximum atomic E-state index is 12.5. The third kappa shape index (κ3) is 3.72. The highest BCUT2D eigenvalue weighted by Gasteiger charge is 2.26. The van der Waals surface area contributed by atoms with Gasteiger partial charge in [-0.3, -0.25) is 4.79 Å². The van der Waals surface area contributed by atoms with Gasteiger partial charge in [-0.15, -0.1) is 11.3 Å². The second-order valence-corrected chi connectivity index (χ2v) is 7.89. The number of hydrogen-bond acceptors (Lipinski definition) is 3. The predicted molar refractivity (Wildman–Crippen MR) is 94.8 cm³/mol. The molecule has 1 aromatic heterocycles. The van der Waals surface area contributed by atoms with Gasteiger partial charge < -0.3 is 9.80 Å². The molecule has 0 radical (unpaired) electrons. The minimum absolute atomic E-state index is 0.236. The van der Waals surface area contributed by atoms with E-state index in [1.165, 1.54) is 9.60 Å². The smallest absolute Gasteiger partial charge is 0.277 e. The topological polar surface area (TPSA) is 37.6 Å². The van der Waals surface area contributed by atoms with E-state index in [1.54, 1.807) is 11.3 Å². The van der Waals surface area contributed by atoms with E-state index in [0.717, 1.165) is 42.4 Å². The van der Waals surface area contributed by atoms with Crippen molar-refractivity contribution in [3.05, 3.63) is 29.3 Å². The van der Waals surface area contributed by atoms with Crippen LogP contribution in [-0.2, 0) is 4.79 Å². The average molecular weight is 332 g/mol. The number of aromatic nitrogens is 1. The fourth-order valence-corrected chi connectivity index (χ4v) is 4.16. The molecular weight excluding hydrogens is 306 g/mol. The predicted octanol–water partition coefficient (Wildman–Crippen LogP) is 2.13. The molecule has 0 spiro atoms. The summed E-state index contributed by atoms with van der Waals surface area (Å²) in [7, 11) is 2.10. The van der Waals surface area contributed by atoms with E-state index in [9.17, 15) is 4.79 Å². The van der Waals surface area contributed by atoms with Gasteiger partial charge in [-0.2, -0.15) is 0 Å². The fourth-order valence-electron chi connectivity index (χ4n) is 3.05. The summed E-state index contributed by atoms with van der Waals surface area (Å²) in [5, 5.41) is 1.11. The number of benzene rings is 1. The van der Waals surface area contributed by atoms with Gasteiger partial charge in [-0.1, -0.05) is 19.1 Å². The van der Waals surface area contributed by atoms with Gasteiger partial charge in [-0.05, 0) is 37.8 Å². The highest BCUT2D eigenvalue weighted by Crippen LogP contribution is 2.24. The molecule has 1 aliphatic heterocycles. The molecule has 1 aromatic carbocycles. The van der Waals surface area contributed by atoms with Crippen molar-refractivity contribution in [2.75, 3.05) is 26.7 Å². The Morgan fingerprint density at radius 1 is 1.39 bits per heavy atom. The first-order valence-electron chi connectivity index (χ1n) is 8.50. The van der Waals surface area contributed by atoms with Crippen LogP contribution in [0.2, 0.25) is 0 Å². The number of carbonyl (C=O) groups excluding carboxylic acids is 1. The van der Waals surface area contributed by atoms with E-state index in [1.807, 2.05) is 17.0 Å². The molecule has 2 atom stereocenters. The number of hydrogen-bond donors (Lipinski definition) is 1. The van der Waals surface area contributed by atoms with Crippen molar-refractivity contribution in [3.63, 3.8) is 0 Å². The number of likely N-dealkylation sites (N-methyl/N-ethyl adjacent to an activating group) is 1. The SMILES string of the molecule is CC1CCN(C(=O)C[NH+](C)[C@@H](C)c2nc3ccccc3s2)CC1. The summed E-state index contributed by atoms with van der Waals surface area (Å²) >= 11 is 1.74. The van der Waals surface area contributed by atoms with Crippen LogP contribution in [-0.4, -0.2) is 42.5 Å². The summed E-state index contributed by atoms with van der Waals surface area (Å²) in [6.07, 6.45) is 2.27. The molecule has 1 saturated heterocycles.